The SMILES string of the molecule is CN(C)C[C@H]1CN(C[C@H]2CCCCO2)CCO1. The third-order valence-electron chi connectivity index (χ3n) is 3.53. The molecule has 2 atom stereocenters. The molecule has 100 valence electrons. The molecule has 2 aliphatic rings. The molecule has 0 unspecified atom stereocenters. The third-order valence-corrected chi connectivity index (χ3v) is 3.53. The maximum atomic E-state index is 5.80. The molecule has 2 heterocycles. The quantitative estimate of drug-likeness (QED) is 0.728. The molecule has 17 heavy (non-hydrogen) atoms. The summed E-state index contributed by atoms with van der Waals surface area (Å²) in [6.45, 7) is 6.04. The summed E-state index contributed by atoms with van der Waals surface area (Å²) in [7, 11) is 4.21. The maximum absolute atomic E-state index is 5.80. The fraction of sp³-hybridized carbons (Fsp3) is 1.00. The standard InChI is InChI=1S/C13H26N2O2/c1-14(2)9-13-11-15(6-8-17-13)10-12-5-3-4-7-16-12/h12-13H,3-11H2,1-2H3/t12-,13+/m1/s1. The van der Waals surface area contributed by atoms with E-state index in [9.17, 15) is 0 Å². The Hall–Kier alpha value is -0.160. The van der Waals surface area contributed by atoms with Gasteiger partial charge in [-0.25, -0.2) is 0 Å². The van der Waals surface area contributed by atoms with Crippen LogP contribution < -0.4 is 0 Å². The van der Waals surface area contributed by atoms with E-state index in [2.05, 4.69) is 23.9 Å². The van der Waals surface area contributed by atoms with Crippen LogP contribution >= 0.6 is 0 Å². The van der Waals surface area contributed by atoms with Gasteiger partial charge < -0.3 is 14.4 Å². The zero-order chi connectivity index (χ0) is 12.1. The molecule has 0 saturated carbocycles. The van der Waals surface area contributed by atoms with Crippen molar-refractivity contribution in [2.75, 3.05) is 53.5 Å². The minimum absolute atomic E-state index is 0.363. The van der Waals surface area contributed by atoms with E-state index in [0.29, 0.717) is 12.2 Å². The summed E-state index contributed by atoms with van der Waals surface area (Å²) >= 11 is 0. The topological polar surface area (TPSA) is 24.9 Å². The van der Waals surface area contributed by atoms with Crippen molar-refractivity contribution in [3.63, 3.8) is 0 Å². The van der Waals surface area contributed by atoms with Crippen LogP contribution in [0.15, 0.2) is 0 Å². The van der Waals surface area contributed by atoms with Gasteiger partial charge in [-0.1, -0.05) is 0 Å². The van der Waals surface area contributed by atoms with Crippen molar-refractivity contribution in [1.82, 2.24) is 9.80 Å². The van der Waals surface area contributed by atoms with Gasteiger partial charge >= 0.3 is 0 Å². The second-order valence-electron chi connectivity index (χ2n) is 5.50. The summed E-state index contributed by atoms with van der Waals surface area (Å²) in [6.07, 6.45) is 4.62. The molecule has 4 nitrogen and oxygen atoms in total. The average Bonchev–Trinajstić information content (AvgIpc) is 2.30. The summed E-state index contributed by atoms with van der Waals surface area (Å²) in [5, 5.41) is 0. The van der Waals surface area contributed by atoms with Gasteiger partial charge in [0.15, 0.2) is 0 Å². The molecular weight excluding hydrogens is 216 g/mol. The van der Waals surface area contributed by atoms with Crippen LogP contribution in [0.1, 0.15) is 19.3 Å². The minimum atomic E-state index is 0.363. The Bertz CT molecular complexity index is 217. The van der Waals surface area contributed by atoms with Crippen molar-refractivity contribution < 1.29 is 9.47 Å². The third kappa shape index (κ3) is 4.54. The molecular formula is C13H26N2O2. The smallest absolute Gasteiger partial charge is 0.0829 e. The summed E-state index contributed by atoms with van der Waals surface area (Å²) in [6, 6.07) is 0. The predicted octanol–water partition coefficient (Wildman–Crippen LogP) is 0.818. The number of rotatable bonds is 4. The number of morpholine rings is 1. The second kappa shape index (κ2) is 6.69. The molecule has 0 aromatic rings. The van der Waals surface area contributed by atoms with Crippen LogP contribution in [0.5, 0.6) is 0 Å². The monoisotopic (exact) mass is 242 g/mol. The van der Waals surface area contributed by atoms with E-state index < -0.39 is 0 Å². The lowest BCUT2D eigenvalue weighted by molar-refractivity contribution is -0.0650. The summed E-state index contributed by atoms with van der Waals surface area (Å²) in [5.41, 5.74) is 0. The first-order valence-corrected chi connectivity index (χ1v) is 6.84. The molecule has 0 N–H and O–H groups in total. The van der Waals surface area contributed by atoms with Crippen molar-refractivity contribution in [2.24, 2.45) is 0 Å². The average molecular weight is 242 g/mol. The molecule has 0 aromatic heterocycles. The van der Waals surface area contributed by atoms with Gasteiger partial charge in [-0.05, 0) is 33.4 Å². The lowest BCUT2D eigenvalue weighted by Gasteiger charge is -2.36. The molecule has 0 amide bonds. The van der Waals surface area contributed by atoms with Gasteiger partial charge in [-0.15, -0.1) is 0 Å². The number of hydrogen-bond acceptors (Lipinski definition) is 4. The maximum Gasteiger partial charge on any atom is 0.0829 e. The Balaban J connectivity index is 1.72. The molecule has 0 spiro atoms. The lowest BCUT2D eigenvalue weighted by Crippen LogP contribution is -2.49. The van der Waals surface area contributed by atoms with Crippen molar-refractivity contribution in [3.8, 4) is 0 Å². The van der Waals surface area contributed by atoms with E-state index in [4.69, 9.17) is 9.47 Å². The van der Waals surface area contributed by atoms with E-state index in [-0.39, 0.29) is 0 Å². The number of hydrogen-bond donors (Lipinski definition) is 0. The first-order chi connectivity index (χ1) is 8.24. The first-order valence-electron chi connectivity index (χ1n) is 6.84. The van der Waals surface area contributed by atoms with E-state index in [0.717, 1.165) is 39.4 Å². The Morgan fingerprint density at radius 3 is 2.65 bits per heavy atom. The van der Waals surface area contributed by atoms with Crippen molar-refractivity contribution in [1.29, 1.82) is 0 Å². The van der Waals surface area contributed by atoms with Gasteiger partial charge in [0, 0.05) is 32.8 Å². The zero-order valence-electron chi connectivity index (χ0n) is 11.2. The number of likely N-dealkylation sites (N-methyl/N-ethyl adjacent to an activating group) is 1. The van der Waals surface area contributed by atoms with Crippen molar-refractivity contribution >= 4 is 0 Å². The van der Waals surface area contributed by atoms with Gasteiger partial charge in [0.25, 0.3) is 0 Å². The van der Waals surface area contributed by atoms with E-state index >= 15 is 0 Å². The first kappa shape index (κ1) is 13.3. The van der Waals surface area contributed by atoms with Crippen LogP contribution in [0, 0.1) is 0 Å². The fourth-order valence-corrected chi connectivity index (χ4v) is 2.70. The molecule has 0 bridgehead atoms. The highest BCUT2D eigenvalue weighted by Crippen LogP contribution is 2.15. The summed E-state index contributed by atoms with van der Waals surface area (Å²) < 4.78 is 11.6. The molecule has 2 rings (SSSR count). The van der Waals surface area contributed by atoms with Crippen LogP contribution in [0.3, 0.4) is 0 Å². The van der Waals surface area contributed by atoms with Crippen LogP contribution in [0.25, 0.3) is 0 Å². The van der Waals surface area contributed by atoms with Crippen LogP contribution in [-0.4, -0.2) is 75.5 Å². The minimum Gasteiger partial charge on any atom is -0.377 e. The highest BCUT2D eigenvalue weighted by Gasteiger charge is 2.24. The predicted molar refractivity (Wildman–Crippen MR) is 68.3 cm³/mol. The molecule has 2 saturated heterocycles. The van der Waals surface area contributed by atoms with Gasteiger partial charge in [-0.3, -0.25) is 4.90 Å². The van der Waals surface area contributed by atoms with E-state index in [1.165, 1.54) is 19.3 Å². The normalized spacial score (nSPS) is 31.9. The Morgan fingerprint density at radius 1 is 1.12 bits per heavy atom. The lowest BCUT2D eigenvalue weighted by atomic mass is 10.1. The largest absolute Gasteiger partial charge is 0.377 e. The summed E-state index contributed by atoms with van der Waals surface area (Å²) in [5.74, 6) is 0. The Kier molecular flexibility index (Phi) is 5.22. The molecule has 2 aliphatic heterocycles. The van der Waals surface area contributed by atoms with Crippen LogP contribution in [-0.2, 0) is 9.47 Å². The van der Waals surface area contributed by atoms with Crippen molar-refractivity contribution in [2.45, 2.75) is 31.5 Å². The van der Waals surface area contributed by atoms with E-state index in [1.54, 1.807) is 0 Å². The molecule has 2 fully saturated rings. The molecule has 0 aromatic carbocycles. The number of ether oxygens (including phenoxy) is 2. The molecule has 4 heteroatoms. The molecule has 0 aliphatic carbocycles. The second-order valence-corrected chi connectivity index (χ2v) is 5.50. The van der Waals surface area contributed by atoms with E-state index in [1.807, 2.05) is 0 Å². The highest BCUT2D eigenvalue weighted by atomic mass is 16.5. The Morgan fingerprint density at radius 2 is 1.94 bits per heavy atom. The van der Waals surface area contributed by atoms with Crippen LogP contribution in [0.4, 0.5) is 0 Å². The highest BCUT2D eigenvalue weighted by molar-refractivity contribution is 4.77. The zero-order valence-corrected chi connectivity index (χ0v) is 11.2. The van der Waals surface area contributed by atoms with Gasteiger partial charge in [-0.2, -0.15) is 0 Å². The number of nitrogens with zero attached hydrogens (tertiary/aromatic N) is 2. The molecule has 0 radical (unpaired) electrons. The van der Waals surface area contributed by atoms with Gasteiger partial charge in [0.2, 0.25) is 0 Å². The van der Waals surface area contributed by atoms with Crippen molar-refractivity contribution in [3.05, 3.63) is 0 Å². The van der Waals surface area contributed by atoms with Gasteiger partial charge in [0.1, 0.15) is 0 Å². The Labute approximate surface area is 105 Å². The van der Waals surface area contributed by atoms with Gasteiger partial charge in [0.05, 0.1) is 18.8 Å². The summed E-state index contributed by atoms with van der Waals surface area (Å²) in [4.78, 5) is 4.71. The van der Waals surface area contributed by atoms with Crippen LogP contribution in [0.2, 0.25) is 0 Å². The fourth-order valence-electron chi connectivity index (χ4n) is 2.70.